The van der Waals surface area contributed by atoms with E-state index in [0.717, 1.165) is 18.2 Å². The Morgan fingerprint density at radius 3 is 1.65 bits per heavy atom. The van der Waals surface area contributed by atoms with Gasteiger partial charge in [-0.1, -0.05) is 6.07 Å². The SMILES string of the molecule is O.O=P(O)(O)OS(=O)(=O)c1cccc(S(=O)(=O)O)c1.[NaH].[NaH].[NaH].[NaH]. The Morgan fingerprint density at radius 1 is 0.913 bits per heavy atom. The van der Waals surface area contributed by atoms with Gasteiger partial charge in [0.05, 0.1) is 9.79 Å². The zero-order valence-electron chi connectivity index (χ0n) is 8.86. The molecule has 0 saturated carbocycles. The molecule has 0 aromatic heterocycles. The van der Waals surface area contributed by atoms with Crippen molar-refractivity contribution in [1.29, 1.82) is 0 Å². The monoisotopic (exact) mass is 432 g/mol. The Kier molecular flexibility index (Phi) is 22.8. The van der Waals surface area contributed by atoms with Gasteiger partial charge in [-0.05, 0) is 18.2 Å². The van der Waals surface area contributed by atoms with Crippen LogP contribution in [0.5, 0.6) is 0 Å². The van der Waals surface area contributed by atoms with Gasteiger partial charge in [0.25, 0.3) is 10.1 Å². The fourth-order valence-corrected chi connectivity index (χ4v) is 3.45. The molecule has 118 valence electrons. The maximum absolute atomic E-state index is 11.3. The quantitative estimate of drug-likeness (QED) is 0.245. The van der Waals surface area contributed by atoms with Crippen LogP contribution in [0.2, 0.25) is 0 Å². The molecule has 10 nitrogen and oxygen atoms in total. The van der Waals surface area contributed by atoms with Crippen LogP contribution in [-0.2, 0) is 28.8 Å². The first kappa shape index (κ1) is 37.0. The minimum absolute atomic E-state index is 0. The number of hydrogen-bond acceptors (Lipinski definition) is 6. The van der Waals surface area contributed by atoms with Crippen molar-refractivity contribution in [3.05, 3.63) is 24.3 Å². The third-order valence-electron chi connectivity index (χ3n) is 1.59. The van der Waals surface area contributed by atoms with Crippen molar-refractivity contribution >= 4 is 146 Å². The van der Waals surface area contributed by atoms with E-state index >= 15 is 0 Å². The summed E-state index contributed by atoms with van der Waals surface area (Å²) in [7, 11) is -14.8. The van der Waals surface area contributed by atoms with Crippen molar-refractivity contribution in [3.63, 3.8) is 0 Å². The van der Waals surface area contributed by atoms with Crippen LogP contribution in [0.15, 0.2) is 34.1 Å². The van der Waals surface area contributed by atoms with Gasteiger partial charge in [-0.25, -0.2) is 4.57 Å². The van der Waals surface area contributed by atoms with Crippen LogP contribution in [0.4, 0.5) is 0 Å². The van der Waals surface area contributed by atoms with Crippen molar-refractivity contribution < 1.29 is 45.2 Å². The van der Waals surface area contributed by atoms with Gasteiger partial charge in [0.1, 0.15) is 0 Å². The van der Waals surface area contributed by atoms with E-state index in [0.29, 0.717) is 6.07 Å². The molecule has 0 amide bonds. The molecule has 0 heterocycles. The molecule has 0 fully saturated rings. The van der Waals surface area contributed by atoms with E-state index in [1.165, 1.54) is 0 Å². The van der Waals surface area contributed by atoms with Gasteiger partial charge in [-0.3, -0.25) is 4.55 Å². The van der Waals surface area contributed by atoms with E-state index in [2.05, 4.69) is 3.97 Å². The van der Waals surface area contributed by atoms with Gasteiger partial charge in [0.2, 0.25) is 0 Å². The summed E-state index contributed by atoms with van der Waals surface area (Å²) in [6, 6.07) is 3.20. The van der Waals surface area contributed by atoms with Gasteiger partial charge in [-0.15, -0.1) is 0 Å². The van der Waals surface area contributed by atoms with Crippen LogP contribution >= 0.6 is 7.82 Å². The van der Waals surface area contributed by atoms with Crippen LogP contribution in [0.3, 0.4) is 0 Å². The van der Waals surface area contributed by atoms with Crippen molar-refractivity contribution in [2.24, 2.45) is 0 Å². The van der Waals surface area contributed by atoms with E-state index in [-0.39, 0.29) is 124 Å². The summed E-state index contributed by atoms with van der Waals surface area (Å²) >= 11 is 0. The molecule has 0 radical (unpaired) electrons. The van der Waals surface area contributed by atoms with E-state index in [1.54, 1.807) is 0 Å². The van der Waals surface area contributed by atoms with E-state index < -0.39 is 37.8 Å². The first-order valence-corrected chi connectivity index (χ1v) is 8.39. The molecule has 1 rings (SSSR count). The van der Waals surface area contributed by atoms with E-state index in [1.807, 2.05) is 0 Å². The summed E-state index contributed by atoms with van der Waals surface area (Å²) in [5.41, 5.74) is 0. The number of benzene rings is 1. The Labute approximate surface area is 221 Å². The zero-order chi connectivity index (χ0) is 14.2. The zero-order valence-corrected chi connectivity index (χ0v) is 11.4. The molecule has 5 N–H and O–H groups in total. The predicted octanol–water partition coefficient (Wildman–Crippen LogP) is -3.69. The van der Waals surface area contributed by atoms with Crippen molar-refractivity contribution in [1.82, 2.24) is 0 Å². The maximum atomic E-state index is 11.3. The first-order valence-electron chi connectivity index (χ1n) is 4.01. The molecule has 1 aromatic rings. The molecule has 1 aromatic carbocycles. The first-order chi connectivity index (χ1) is 7.92. The van der Waals surface area contributed by atoms with Crippen LogP contribution in [0, 0.1) is 0 Å². The summed E-state index contributed by atoms with van der Waals surface area (Å²) in [5, 5.41) is 0. The Balaban J connectivity index is -0.000000216. The Bertz CT molecular complexity index is 715. The standard InChI is InChI=1S/C6H7O9PS2.4Na.H2O.4H/c7-16(8,9)15-18(13,14)6-3-1-2-5(4-6)17(10,11)12;;;;;;;;;/h1-4H,(H2,7,8,9)(H,10,11,12);;;;;1H2;;;;. The van der Waals surface area contributed by atoms with Gasteiger partial charge in [0.15, 0.2) is 0 Å². The number of rotatable bonds is 4. The summed E-state index contributed by atoms with van der Waals surface area (Å²) in [6.45, 7) is 0. The summed E-state index contributed by atoms with van der Waals surface area (Å²) in [4.78, 5) is 15.2. The minimum atomic E-state index is -5.31. The number of phosphoric acid groups is 1. The fourth-order valence-electron chi connectivity index (χ4n) is 0.961. The molecule has 17 heteroatoms. The normalized spacial score (nSPS) is 10.6. The molecule has 0 aliphatic heterocycles. The second-order valence-corrected chi connectivity index (χ2v) is 7.35. The summed E-state index contributed by atoms with van der Waals surface area (Å²) < 4.78 is 66.9. The molecule has 0 unspecified atom stereocenters. The molecule has 0 aliphatic rings. The van der Waals surface area contributed by atoms with Crippen molar-refractivity contribution in [2.75, 3.05) is 0 Å². The second kappa shape index (κ2) is 14.2. The van der Waals surface area contributed by atoms with Gasteiger partial charge in [0, 0.05) is 0 Å². The molecule has 0 atom stereocenters. The molecule has 0 saturated heterocycles. The Hall–Kier alpha value is 3.15. The van der Waals surface area contributed by atoms with Crippen LogP contribution < -0.4 is 0 Å². The fraction of sp³-hybridized carbons (Fsp3) is 0. The molecule has 0 aliphatic carbocycles. The van der Waals surface area contributed by atoms with Gasteiger partial charge >= 0.3 is 136 Å². The average Bonchev–Trinajstić information content (AvgIpc) is 2.13. The topological polar surface area (TPSA) is 187 Å². The van der Waals surface area contributed by atoms with Crippen LogP contribution in [0.1, 0.15) is 0 Å². The second-order valence-electron chi connectivity index (χ2n) is 2.97. The van der Waals surface area contributed by atoms with Gasteiger partial charge in [-0.2, -0.15) is 20.8 Å². The van der Waals surface area contributed by atoms with Crippen molar-refractivity contribution in [3.8, 4) is 0 Å². The van der Waals surface area contributed by atoms with Crippen LogP contribution in [-0.4, -0.2) is 155 Å². The van der Waals surface area contributed by atoms with E-state index in [9.17, 15) is 21.4 Å². The van der Waals surface area contributed by atoms with Gasteiger partial charge < -0.3 is 15.3 Å². The molecular weight excluding hydrogens is 419 g/mol. The molecule has 23 heavy (non-hydrogen) atoms. The van der Waals surface area contributed by atoms with Crippen LogP contribution in [0.25, 0.3) is 0 Å². The van der Waals surface area contributed by atoms with E-state index in [4.69, 9.17) is 14.3 Å². The molecular formula is C6H13Na4O10PS2. The predicted molar refractivity (Wildman–Crippen MR) is 88.8 cm³/mol. The number of hydrogen-bond donors (Lipinski definition) is 3. The van der Waals surface area contributed by atoms with Crippen molar-refractivity contribution in [2.45, 2.75) is 9.79 Å². The summed E-state index contributed by atoms with van der Waals surface area (Å²) in [5.74, 6) is 0. The third kappa shape index (κ3) is 13.9. The molecule has 0 spiro atoms. The average molecular weight is 432 g/mol. The Morgan fingerprint density at radius 2 is 1.30 bits per heavy atom. The summed E-state index contributed by atoms with van der Waals surface area (Å²) in [6.07, 6.45) is 0. The third-order valence-corrected chi connectivity index (χ3v) is 4.83. The molecule has 0 bridgehead atoms.